The summed E-state index contributed by atoms with van der Waals surface area (Å²) in [7, 11) is 0. The molecule has 94 valence electrons. The molecule has 0 unspecified atom stereocenters. The molecule has 0 heterocycles. The lowest BCUT2D eigenvalue weighted by molar-refractivity contribution is 0.131. The lowest BCUT2D eigenvalue weighted by atomic mass is 9.98. The molecule has 0 N–H and O–H groups in total. The van der Waals surface area contributed by atoms with Gasteiger partial charge in [-0.15, -0.1) is 0 Å². The largest absolute Gasteiger partial charge is 0.488 e. The molecule has 1 heteroatoms. The minimum Gasteiger partial charge on any atom is -0.488 e. The molecule has 0 fully saturated rings. The summed E-state index contributed by atoms with van der Waals surface area (Å²) in [6.45, 7) is 14.5. The minimum atomic E-state index is -0.145. The number of hydrogen-bond acceptors (Lipinski definition) is 1. The van der Waals surface area contributed by atoms with E-state index in [4.69, 9.17) is 4.74 Å². The Labute approximate surface area is 106 Å². The van der Waals surface area contributed by atoms with E-state index in [2.05, 4.69) is 53.3 Å². The summed E-state index contributed by atoms with van der Waals surface area (Å²) in [5.74, 6) is 0.950. The molecule has 0 aliphatic heterocycles. The molecule has 0 spiro atoms. The molecule has 0 atom stereocenters. The van der Waals surface area contributed by atoms with Crippen LogP contribution >= 0.6 is 0 Å². The third-order valence-corrected chi connectivity index (χ3v) is 2.48. The van der Waals surface area contributed by atoms with Gasteiger partial charge in [0, 0.05) is 0 Å². The molecular formula is C16H24O. The van der Waals surface area contributed by atoms with Crippen LogP contribution in [0.15, 0.2) is 24.8 Å². The number of benzene rings is 1. The number of aryl methyl sites for hydroxylation is 1. The lowest BCUT2D eigenvalue weighted by Gasteiger charge is -2.22. The van der Waals surface area contributed by atoms with E-state index < -0.39 is 0 Å². The number of ether oxygens (including phenoxy) is 1. The Balaban J connectivity index is 3.05. The molecule has 0 bridgehead atoms. The molecule has 0 amide bonds. The van der Waals surface area contributed by atoms with Gasteiger partial charge in [0.25, 0.3) is 0 Å². The Hall–Kier alpha value is -1.24. The van der Waals surface area contributed by atoms with E-state index >= 15 is 0 Å². The van der Waals surface area contributed by atoms with Gasteiger partial charge in [0.2, 0.25) is 0 Å². The highest BCUT2D eigenvalue weighted by molar-refractivity contribution is 5.65. The van der Waals surface area contributed by atoms with Crippen molar-refractivity contribution in [2.24, 2.45) is 0 Å². The Bertz CT molecular complexity index is 396. The summed E-state index contributed by atoms with van der Waals surface area (Å²) in [6, 6.07) is 6.31. The summed E-state index contributed by atoms with van der Waals surface area (Å²) >= 11 is 0. The van der Waals surface area contributed by atoms with Crippen molar-refractivity contribution < 1.29 is 4.74 Å². The zero-order valence-electron chi connectivity index (χ0n) is 11.8. The second kappa shape index (κ2) is 5.39. The highest BCUT2D eigenvalue weighted by Crippen LogP contribution is 2.26. The van der Waals surface area contributed by atoms with Crippen molar-refractivity contribution in [1.29, 1.82) is 0 Å². The Morgan fingerprint density at radius 3 is 2.41 bits per heavy atom. The van der Waals surface area contributed by atoms with Crippen LogP contribution in [0.1, 0.15) is 52.2 Å². The van der Waals surface area contributed by atoms with E-state index in [1.807, 2.05) is 6.07 Å². The molecule has 1 aromatic rings. The van der Waals surface area contributed by atoms with Crippen LogP contribution in [0, 0.1) is 0 Å². The van der Waals surface area contributed by atoms with E-state index in [0.29, 0.717) is 0 Å². The van der Waals surface area contributed by atoms with Gasteiger partial charge in [-0.05, 0) is 57.4 Å². The average Bonchev–Trinajstić information content (AvgIpc) is 2.15. The summed E-state index contributed by atoms with van der Waals surface area (Å²) in [6.07, 6.45) is 2.21. The third-order valence-electron chi connectivity index (χ3n) is 2.48. The van der Waals surface area contributed by atoms with Crippen LogP contribution in [0.2, 0.25) is 0 Å². The van der Waals surface area contributed by atoms with Crippen molar-refractivity contribution in [2.45, 2.75) is 53.1 Å². The van der Waals surface area contributed by atoms with Crippen molar-refractivity contribution >= 4 is 5.57 Å². The van der Waals surface area contributed by atoms with Gasteiger partial charge < -0.3 is 4.74 Å². The molecule has 17 heavy (non-hydrogen) atoms. The monoisotopic (exact) mass is 232 g/mol. The number of hydrogen-bond donors (Lipinski definition) is 0. The molecule has 0 radical (unpaired) electrons. The van der Waals surface area contributed by atoms with E-state index in [1.54, 1.807) is 0 Å². The van der Waals surface area contributed by atoms with E-state index in [0.717, 1.165) is 24.2 Å². The Morgan fingerprint density at radius 2 is 1.94 bits per heavy atom. The Kier molecular flexibility index (Phi) is 4.39. The second-order valence-corrected chi connectivity index (χ2v) is 5.56. The van der Waals surface area contributed by atoms with Gasteiger partial charge in [0.1, 0.15) is 11.4 Å². The molecular weight excluding hydrogens is 208 g/mol. The van der Waals surface area contributed by atoms with Gasteiger partial charge in [-0.2, -0.15) is 0 Å². The SMILES string of the molecule is C=C(C)c1ccc(OC(C)(C)C)cc1CCC. The summed E-state index contributed by atoms with van der Waals surface area (Å²) in [5, 5.41) is 0. The van der Waals surface area contributed by atoms with Gasteiger partial charge in [0.05, 0.1) is 0 Å². The zero-order valence-corrected chi connectivity index (χ0v) is 11.8. The van der Waals surface area contributed by atoms with Gasteiger partial charge in [0.15, 0.2) is 0 Å². The zero-order chi connectivity index (χ0) is 13.1. The first-order valence-electron chi connectivity index (χ1n) is 6.31. The maximum Gasteiger partial charge on any atom is 0.120 e. The lowest BCUT2D eigenvalue weighted by Crippen LogP contribution is -2.23. The highest BCUT2D eigenvalue weighted by Gasteiger charge is 2.13. The topological polar surface area (TPSA) is 9.23 Å². The third kappa shape index (κ3) is 4.26. The fraction of sp³-hybridized carbons (Fsp3) is 0.500. The van der Waals surface area contributed by atoms with Crippen LogP contribution < -0.4 is 4.74 Å². The molecule has 1 nitrogen and oxygen atoms in total. The van der Waals surface area contributed by atoms with Crippen molar-refractivity contribution in [2.75, 3.05) is 0 Å². The van der Waals surface area contributed by atoms with E-state index in [-0.39, 0.29) is 5.60 Å². The van der Waals surface area contributed by atoms with Crippen LogP contribution in [0.3, 0.4) is 0 Å². The fourth-order valence-electron chi connectivity index (χ4n) is 1.88. The summed E-state index contributed by atoms with van der Waals surface area (Å²) < 4.78 is 5.89. The molecule has 0 saturated heterocycles. The van der Waals surface area contributed by atoms with E-state index in [9.17, 15) is 0 Å². The Morgan fingerprint density at radius 1 is 1.29 bits per heavy atom. The predicted molar refractivity (Wildman–Crippen MR) is 75.5 cm³/mol. The normalized spacial score (nSPS) is 11.4. The van der Waals surface area contributed by atoms with Crippen molar-refractivity contribution in [3.05, 3.63) is 35.9 Å². The first kappa shape index (κ1) is 13.8. The fourth-order valence-corrected chi connectivity index (χ4v) is 1.88. The molecule has 0 aliphatic rings. The summed E-state index contributed by atoms with van der Waals surface area (Å²) in [4.78, 5) is 0. The number of allylic oxidation sites excluding steroid dienone is 1. The van der Waals surface area contributed by atoms with Crippen molar-refractivity contribution in [1.82, 2.24) is 0 Å². The van der Waals surface area contributed by atoms with Gasteiger partial charge in [-0.1, -0.05) is 31.6 Å². The van der Waals surface area contributed by atoms with Crippen LogP contribution in [-0.4, -0.2) is 5.60 Å². The van der Waals surface area contributed by atoms with Crippen molar-refractivity contribution in [3.8, 4) is 5.75 Å². The van der Waals surface area contributed by atoms with Crippen LogP contribution in [0.5, 0.6) is 5.75 Å². The van der Waals surface area contributed by atoms with Crippen LogP contribution in [0.25, 0.3) is 5.57 Å². The summed E-state index contributed by atoms with van der Waals surface area (Å²) in [5.41, 5.74) is 3.57. The van der Waals surface area contributed by atoms with Gasteiger partial charge >= 0.3 is 0 Å². The molecule has 1 aromatic carbocycles. The molecule has 0 aliphatic carbocycles. The smallest absolute Gasteiger partial charge is 0.120 e. The predicted octanol–water partition coefficient (Wildman–Crippen LogP) is 4.85. The van der Waals surface area contributed by atoms with Crippen LogP contribution in [-0.2, 0) is 6.42 Å². The standard InChI is InChI=1S/C16H24O/c1-7-8-13-11-14(17-16(4,5)6)9-10-15(13)12(2)3/h9-11H,2,7-8H2,1,3-6H3. The second-order valence-electron chi connectivity index (χ2n) is 5.56. The van der Waals surface area contributed by atoms with Crippen molar-refractivity contribution in [3.63, 3.8) is 0 Å². The van der Waals surface area contributed by atoms with E-state index in [1.165, 1.54) is 11.1 Å². The van der Waals surface area contributed by atoms with Crippen LogP contribution in [0.4, 0.5) is 0 Å². The quantitative estimate of drug-likeness (QED) is 0.721. The average molecular weight is 232 g/mol. The minimum absolute atomic E-state index is 0.145. The van der Waals surface area contributed by atoms with Gasteiger partial charge in [-0.25, -0.2) is 0 Å². The maximum atomic E-state index is 5.89. The molecule has 0 aromatic heterocycles. The highest BCUT2D eigenvalue weighted by atomic mass is 16.5. The molecule has 1 rings (SSSR count). The van der Waals surface area contributed by atoms with Gasteiger partial charge in [-0.3, -0.25) is 0 Å². The number of rotatable bonds is 4. The molecule has 0 saturated carbocycles. The first-order chi connectivity index (χ1) is 7.83. The maximum absolute atomic E-state index is 5.89. The first-order valence-corrected chi connectivity index (χ1v) is 6.31.